The van der Waals surface area contributed by atoms with Gasteiger partial charge in [-0.1, -0.05) is 0 Å². The van der Waals surface area contributed by atoms with E-state index in [1.54, 1.807) is 7.11 Å². The molecule has 1 N–H and O–H groups in total. The Morgan fingerprint density at radius 2 is 2.00 bits per heavy atom. The third-order valence-corrected chi connectivity index (χ3v) is 4.48. The predicted molar refractivity (Wildman–Crippen MR) is 67.0 cm³/mol. The first kappa shape index (κ1) is 12.2. The van der Waals surface area contributed by atoms with Crippen LogP contribution in [-0.2, 0) is 4.74 Å². The van der Waals surface area contributed by atoms with Crippen LogP contribution in [0.1, 0.15) is 12.8 Å². The van der Waals surface area contributed by atoms with Crippen molar-refractivity contribution in [3.05, 3.63) is 0 Å². The zero-order valence-corrected chi connectivity index (χ0v) is 11.1. The molecule has 4 fully saturated rings. The van der Waals surface area contributed by atoms with Crippen molar-refractivity contribution in [2.45, 2.75) is 31.0 Å². The number of rotatable bonds is 2. The summed E-state index contributed by atoms with van der Waals surface area (Å²) in [5.74, 6) is 0. The number of amides is 2. The molecule has 4 saturated heterocycles. The third-order valence-electron chi connectivity index (χ3n) is 4.48. The summed E-state index contributed by atoms with van der Waals surface area (Å²) in [6.45, 7) is 3.48. The average molecular weight is 254 g/mol. The summed E-state index contributed by atoms with van der Waals surface area (Å²) in [6.07, 6.45) is 2.35. The van der Waals surface area contributed by atoms with Gasteiger partial charge in [0.2, 0.25) is 0 Å². The van der Waals surface area contributed by atoms with Gasteiger partial charge < -0.3 is 14.5 Å². The Kier molecular flexibility index (Phi) is 3.17. The number of ether oxygens (including phenoxy) is 1. The first-order valence-electron chi connectivity index (χ1n) is 6.75. The van der Waals surface area contributed by atoms with Gasteiger partial charge in [0.25, 0.3) is 0 Å². The number of piperidine rings is 1. The lowest BCUT2D eigenvalue weighted by molar-refractivity contribution is -0.0599. The maximum absolute atomic E-state index is 12.5. The highest BCUT2D eigenvalue weighted by Crippen LogP contribution is 2.33. The summed E-state index contributed by atoms with van der Waals surface area (Å²) < 4.78 is 5.32. The van der Waals surface area contributed by atoms with Crippen LogP contribution in [0.5, 0.6) is 0 Å². The average Bonchev–Trinajstić information content (AvgIpc) is 2.87. The SMILES string of the molecule is CNN1CC2CC(C1)N2C(=O)N1CCC(OC)C1. The molecule has 6 nitrogen and oxygen atoms in total. The van der Waals surface area contributed by atoms with E-state index >= 15 is 0 Å². The number of methoxy groups -OCH3 is 1. The van der Waals surface area contributed by atoms with Crippen LogP contribution in [0, 0.1) is 0 Å². The quantitative estimate of drug-likeness (QED) is 0.736. The molecule has 4 rings (SSSR count). The van der Waals surface area contributed by atoms with Crippen LogP contribution in [0.3, 0.4) is 0 Å². The van der Waals surface area contributed by atoms with Gasteiger partial charge in [0, 0.05) is 45.4 Å². The summed E-state index contributed by atoms with van der Waals surface area (Å²) >= 11 is 0. The summed E-state index contributed by atoms with van der Waals surface area (Å²) in [5.41, 5.74) is 3.17. The fourth-order valence-corrected chi connectivity index (χ4v) is 3.36. The van der Waals surface area contributed by atoms with E-state index in [4.69, 9.17) is 4.74 Å². The Balaban J connectivity index is 1.59. The second-order valence-corrected chi connectivity index (χ2v) is 5.45. The molecule has 3 unspecified atom stereocenters. The van der Waals surface area contributed by atoms with Gasteiger partial charge in [0.1, 0.15) is 0 Å². The highest BCUT2D eigenvalue weighted by atomic mass is 16.5. The number of carbonyl (C=O) groups excluding carboxylic acids is 1. The molecule has 4 heterocycles. The molecule has 0 aromatic carbocycles. The summed E-state index contributed by atoms with van der Waals surface area (Å²) in [5, 5.41) is 2.20. The highest BCUT2D eigenvalue weighted by molar-refractivity contribution is 5.76. The number of urea groups is 1. The molecule has 0 saturated carbocycles. The number of carbonyl (C=O) groups is 1. The second-order valence-electron chi connectivity index (χ2n) is 5.45. The molecule has 0 radical (unpaired) electrons. The van der Waals surface area contributed by atoms with Crippen LogP contribution in [0.25, 0.3) is 0 Å². The molecule has 0 aliphatic carbocycles. The van der Waals surface area contributed by atoms with Crippen molar-refractivity contribution in [2.75, 3.05) is 40.3 Å². The van der Waals surface area contributed by atoms with Gasteiger partial charge in [-0.05, 0) is 19.9 Å². The van der Waals surface area contributed by atoms with Gasteiger partial charge >= 0.3 is 6.03 Å². The van der Waals surface area contributed by atoms with Gasteiger partial charge in [0.15, 0.2) is 0 Å². The summed E-state index contributed by atoms with van der Waals surface area (Å²) in [7, 11) is 3.67. The number of nitrogens with zero attached hydrogens (tertiary/aromatic N) is 3. The molecule has 6 heteroatoms. The van der Waals surface area contributed by atoms with E-state index in [9.17, 15) is 4.79 Å². The maximum atomic E-state index is 12.5. The van der Waals surface area contributed by atoms with Crippen molar-refractivity contribution < 1.29 is 9.53 Å². The number of hydrogen-bond donors (Lipinski definition) is 1. The van der Waals surface area contributed by atoms with Gasteiger partial charge in [-0.3, -0.25) is 5.43 Å². The van der Waals surface area contributed by atoms with Crippen LogP contribution in [-0.4, -0.2) is 79.4 Å². The van der Waals surface area contributed by atoms with Crippen molar-refractivity contribution in [3.63, 3.8) is 0 Å². The van der Waals surface area contributed by atoms with Gasteiger partial charge in [-0.25, -0.2) is 9.80 Å². The largest absolute Gasteiger partial charge is 0.380 e. The molecule has 4 aliphatic heterocycles. The first-order valence-corrected chi connectivity index (χ1v) is 6.75. The number of piperazine rings is 1. The Morgan fingerprint density at radius 3 is 2.56 bits per heavy atom. The lowest BCUT2D eigenvalue weighted by Crippen LogP contribution is -2.73. The topological polar surface area (TPSA) is 48.0 Å². The minimum atomic E-state index is 0.214. The van der Waals surface area contributed by atoms with Crippen LogP contribution >= 0.6 is 0 Å². The van der Waals surface area contributed by atoms with Crippen molar-refractivity contribution in [1.82, 2.24) is 20.2 Å². The third kappa shape index (κ3) is 1.88. The van der Waals surface area contributed by atoms with E-state index in [1.807, 2.05) is 11.9 Å². The van der Waals surface area contributed by atoms with Crippen molar-refractivity contribution in [2.24, 2.45) is 0 Å². The molecule has 0 spiro atoms. The normalized spacial score (nSPS) is 35.8. The Labute approximate surface area is 108 Å². The molecule has 18 heavy (non-hydrogen) atoms. The number of hydrazine groups is 1. The number of fused-ring (bicyclic) bond motifs is 2. The second kappa shape index (κ2) is 4.68. The minimum Gasteiger partial charge on any atom is -0.380 e. The van der Waals surface area contributed by atoms with E-state index in [0.717, 1.165) is 39.0 Å². The monoisotopic (exact) mass is 254 g/mol. The van der Waals surface area contributed by atoms with Crippen LogP contribution < -0.4 is 5.43 Å². The summed E-state index contributed by atoms with van der Waals surface area (Å²) in [6, 6.07) is 1.00. The van der Waals surface area contributed by atoms with Crippen molar-refractivity contribution in [1.29, 1.82) is 0 Å². The molecular formula is C12H22N4O2. The maximum Gasteiger partial charge on any atom is 0.320 e. The lowest BCUT2D eigenvalue weighted by atomic mass is 9.89. The Bertz CT molecular complexity index is 326. The number of nitrogens with one attached hydrogen (secondary N) is 1. The van der Waals surface area contributed by atoms with Gasteiger partial charge in [-0.15, -0.1) is 0 Å². The van der Waals surface area contributed by atoms with Crippen LogP contribution in [0.4, 0.5) is 4.79 Å². The summed E-state index contributed by atoms with van der Waals surface area (Å²) in [4.78, 5) is 16.5. The highest BCUT2D eigenvalue weighted by Gasteiger charge is 2.48. The Morgan fingerprint density at radius 1 is 1.28 bits per heavy atom. The Hall–Kier alpha value is -0.850. The van der Waals surface area contributed by atoms with Crippen LogP contribution in [0.15, 0.2) is 0 Å². The molecule has 0 aromatic rings. The fourth-order valence-electron chi connectivity index (χ4n) is 3.36. The molecule has 2 amide bonds. The van der Waals surface area contributed by atoms with Gasteiger partial charge in [-0.2, -0.15) is 0 Å². The standard InChI is InChI=1S/C12H22N4O2/c1-13-15-6-9-5-10(7-15)16(9)12(17)14-4-3-11(8-14)18-2/h9-11,13H,3-8H2,1-2H3. The van der Waals surface area contributed by atoms with Crippen molar-refractivity contribution >= 4 is 6.03 Å². The zero-order valence-electron chi connectivity index (χ0n) is 11.1. The molecule has 3 atom stereocenters. The van der Waals surface area contributed by atoms with E-state index < -0.39 is 0 Å². The van der Waals surface area contributed by atoms with Crippen LogP contribution in [0.2, 0.25) is 0 Å². The first-order chi connectivity index (χ1) is 8.72. The lowest BCUT2D eigenvalue weighted by Gasteiger charge is -2.56. The van der Waals surface area contributed by atoms with E-state index in [2.05, 4.69) is 15.3 Å². The number of likely N-dealkylation sites (tertiary alicyclic amines) is 1. The molecular weight excluding hydrogens is 232 g/mol. The predicted octanol–water partition coefficient (Wildman–Crippen LogP) is -0.280. The molecule has 102 valence electrons. The fraction of sp³-hybridized carbons (Fsp3) is 0.917. The number of hydrogen-bond acceptors (Lipinski definition) is 4. The molecule has 4 aliphatic rings. The van der Waals surface area contributed by atoms with E-state index in [1.165, 1.54) is 0 Å². The van der Waals surface area contributed by atoms with E-state index in [-0.39, 0.29) is 12.1 Å². The molecule has 2 bridgehead atoms. The van der Waals surface area contributed by atoms with Gasteiger partial charge in [0.05, 0.1) is 6.10 Å². The van der Waals surface area contributed by atoms with Crippen molar-refractivity contribution in [3.8, 4) is 0 Å². The smallest absolute Gasteiger partial charge is 0.320 e. The minimum absolute atomic E-state index is 0.214. The molecule has 0 aromatic heterocycles. The zero-order chi connectivity index (χ0) is 12.7. The van der Waals surface area contributed by atoms with E-state index in [0.29, 0.717) is 12.1 Å².